The number of hydrogen-bond donors (Lipinski definition) is 1. The molecule has 0 bridgehead atoms. The van der Waals surface area contributed by atoms with Crippen LogP contribution in [0.3, 0.4) is 0 Å². The number of nitrogens with zero attached hydrogens (tertiary/aromatic N) is 1. The van der Waals surface area contributed by atoms with Gasteiger partial charge in [0.1, 0.15) is 11.6 Å². The van der Waals surface area contributed by atoms with Crippen molar-refractivity contribution in [1.82, 2.24) is 0 Å². The lowest BCUT2D eigenvalue weighted by Gasteiger charge is -2.10. The number of ether oxygens (including phenoxy) is 1. The monoisotopic (exact) mass is 320 g/mol. The quantitative estimate of drug-likeness (QED) is 0.921. The average Bonchev–Trinajstić information content (AvgIpc) is 2.40. The summed E-state index contributed by atoms with van der Waals surface area (Å²) >= 11 is 3.35. The summed E-state index contributed by atoms with van der Waals surface area (Å²) in [6.07, 6.45) is 0. The van der Waals surface area contributed by atoms with Crippen LogP contribution in [0.4, 0.5) is 15.8 Å². The Morgan fingerprint density at radius 2 is 2.05 bits per heavy atom. The Morgan fingerprint density at radius 1 is 1.26 bits per heavy atom. The summed E-state index contributed by atoms with van der Waals surface area (Å²) in [7, 11) is 1.56. The Bertz CT molecular complexity index is 652. The van der Waals surface area contributed by atoms with Crippen LogP contribution >= 0.6 is 15.9 Å². The largest absolute Gasteiger partial charge is 0.497 e. The fourth-order valence-corrected chi connectivity index (χ4v) is 2.07. The van der Waals surface area contributed by atoms with Crippen molar-refractivity contribution in [3.05, 3.63) is 52.3 Å². The summed E-state index contributed by atoms with van der Waals surface area (Å²) in [6, 6.07) is 11.5. The van der Waals surface area contributed by atoms with Crippen LogP contribution in [-0.4, -0.2) is 7.11 Å². The minimum Gasteiger partial charge on any atom is -0.497 e. The number of benzene rings is 2. The second kappa shape index (κ2) is 5.72. The summed E-state index contributed by atoms with van der Waals surface area (Å²) in [5.41, 5.74) is 1.28. The summed E-state index contributed by atoms with van der Waals surface area (Å²) in [4.78, 5) is 0. The van der Waals surface area contributed by atoms with Gasteiger partial charge in [-0.1, -0.05) is 15.9 Å². The Morgan fingerprint density at radius 3 is 2.68 bits per heavy atom. The van der Waals surface area contributed by atoms with Gasteiger partial charge < -0.3 is 10.1 Å². The maximum atomic E-state index is 13.7. The molecule has 0 aliphatic carbocycles. The lowest BCUT2D eigenvalue weighted by atomic mass is 10.2. The first-order valence-corrected chi connectivity index (χ1v) is 6.23. The van der Waals surface area contributed by atoms with Crippen molar-refractivity contribution in [3.63, 3.8) is 0 Å². The van der Waals surface area contributed by atoms with Crippen molar-refractivity contribution in [1.29, 1.82) is 5.26 Å². The molecule has 19 heavy (non-hydrogen) atoms. The zero-order valence-electron chi connectivity index (χ0n) is 10.1. The van der Waals surface area contributed by atoms with E-state index >= 15 is 0 Å². The van der Waals surface area contributed by atoms with Gasteiger partial charge in [0.25, 0.3) is 0 Å². The van der Waals surface area contributed by atoms with Gasteiger partial charge in [-0.25, -0.2) is 4.39 Å². The standard InChI is InChI=1S/C14H10BrFN2O/c1-19-12-6-10(15)5-11(7-12)18-14-3-2-9(8-17)4-13(14)16/h2-7,18H,1H3. The first-order chi connectivity index (χ1) is 9.12. The van der Waals surface area contributed by atoms with Gasteiger partial charge in [0.15, 0.2) is 0 Å². The zero-order valence-corrected chi connectivity index (χ0v) is 11.7. The van der Waals surface area contributed by atoms with Crippen LogP contribution < -0.4 is 10.1 Å². The molecule has 0 aliphatic rings. The van der Waals surface area contributed by atoms with Crippen molar-refractivity contribution >= 4 is 27.3 Å². The highest BCUT2D eigenvalue weighted by Crippen LogP contribution is 2.28. The molecule has 0 atom stereocenters. The third-order valence-electron chi connectivity index (χ3n) is 2.48. The normalized spacial score (nSPS) is 9.79. The molecule has 0 saturated heterocycles. The number of hydrogen-bond acceptors (Lipinski definition) is 3. The first-order valence-electron chi connectivity index (χ1n) is 5.43. The second-order valence-corrected chi connectivity index (χ2v) is 4.73. The number of nitrogens with one attached hydrogen (secondary N) is 1. The molecular formula is C14H10BrFN2O. The minimum absolute atomic E-state index is 0.287. The van der Waals surface area contributed by atoms with E-state index in [0.29, 0.717) is 17.1 Å². The maximum Gasteiger partial charge on any atom is 0.147 e. The summed E-state index contributed by atoms with van der Waals surface area (Å²) in [5.74, 6) is 0.184. The summed E-state index contributed by atoms with van der Waals surface area (Å²) < 4.78 is 19.7. The minimum atomic E-state index is -0.474. The molecule has 0 aliphatic heterocycles. The molecular weight excluding hydrogens is 311 g/mol. The predicted molar refractivity (Wildman–Crippen MR) is 75.1 cm³/mol. The number of rotatable bonds is 3. The summed E-state index contributed by atoms with van der Waals surface area (Å²) in [6.45, 7) is 0. The van der Waals surface area contributed by atoms with E-state index in [1.165, 1.54) is 12.1 Å². The van der Waals surface area contributed by atoms with Crippen LogP contribution in [0, 0.1) is 17.1 Å². The first kappa shape index (κ1) is 13.4. The SMILES string of the molecule is COc1cc(Br)cc(Nc2ccc(C#N)cc2F)c1. The molecule has 2 aromatic rings. The molecule has 0 radical (unpaired) electrons. The zero-order chi connectivity index (χ0) is 13.8. The van der Waals surface area contributed by atoms with Gasteiger partial charge in [0, 0.05) is 16.2 Å². The van der Waals surface area contributed by atoms with E-state index in [0.717, 1.165) is 4.47 Å². The topological polar surface area (TPSA) is 45.0 Å². The highest BCUT2D eigenvalue weighted by molar-refractivity contribution is 9.10. The second-order valence-electron chi connectivity index (χ2n) is 3.81. The van der Waals surface area contributed by atoms with E-state index in [1.807, 2.05) is 6.07 Å². The van der Waals surface area contributed by atoms with Crippen molar-refractivity contribution in [2.75, 3.05) is 12.4 Å². The van der Waals surface area contributed by atoms with Crippen LogP contribution in [-0.2, 0) is 0 Å². The fraction of sp³-hybridized carbons (Fsp3) is 0.0714. The van der Waals surface area contributed by atoms with E-state index in [1.54, 1.807) is 31.4 Å². The van der Waals surface area contributed by atoms with E-state index in [2.05, 4.69) is 21.2 Å². The Labute approximate surface area is 118 Å². The van der Waals surface area contributed by atoms with Gasteiger partial charge in [0.2, 0.25) is 0 Å². The summed E-state index contributed by atoms with van der Waals surface area (Å²) in [5, 5.41) is 11.6. The maximum absolute atomic E-state index is 13.7. The molecule has 1 N–H and O–H groups in total. The van der Waals surface area contributed by atoms with E-state index < -0.39 is 5.82 Å². The van der Waals surface area contributed by atoms with Crippen LogP contribution in [0.2, 0.25) is 0 Å². The van der Waals surface area contributed by atoms with Crippen molar-refractivity contribution < 1.29 is 9.13 Å². The van der Waals surface area contributed by atoms with Gasteiger partial charge >= 0.3 is 0 Å². The number of nitriles is 1. The van der Waals surface area contributed by atoms with Crippen molar-refractivity contribution in [3.8, 4) is 11.8 Å². The molecule has 96 valence electrons. The van der Waals surface area contributed by atoms with Gasteiger partial charge in [-0.05, 0) is 30.3 Å². The molecule has 0 unspecified atom stereocenters. The van der Waals surface area contributed by atoms with Crippen LogP contribution in [0.25, 0.3) is 0 Å². The average molecular weight is 321 g/mol. The van der Waals surface area contributed by atoms with Gasteiger partial charge in [0.05, 0.1) is 24.4 Å². The van der Waals surface area contributed by atoms with Gasteiger partial charge in [-0.3, -0.25) is 0 Å². The molecule has 2 rings (SSSR count). The molecule has 0 aromatic heterocycles. The van der Waals surface area contributed by atoms with Crippen LogP contribution in [0.5, 0.6) is 5.75 Å². The highest BCUT2D eigenvalue weighted by atomic mass is 79.9. The molecule has 2 aromatic carbocycles. The molecule has 5 heteroatoms. The van der Waals surface area contributed by atoms with Crippen LogP contribution in [0.15, 0.2) is 40.9 Å². The Hall–Kier alpha value is -2.06. The molecule has 0 fully saturated rings. The molecule has 0 saturated carbocycles. The highest BCUT2D eigenvalue weighted by Gasteiger charge is 2.05. The Balaban J connectivity index is 2.31. The van der Waals surface area contributed by atoms with E-state index in [9.17, 15) is 4.39 Å². The van der Waals surface area contributed by atoms with Gasteiger partial charge in [-0.2, -0.15) is 5.26 Å². The molecule has 3 nitrogen and oxygen atoms in total. The Kier molecular flexibility index (Phi) is 4.03. The van der Waals surface area contributed by atoms with Crippen molar-refractivity contribution in [2.24, 2.45) is 0 Å². The van der Waals surface area contributed by atoms with E-state index in [4.69, 9.17) is 10.00 Å². The number of methoxy groups -OCH3 is 1. The lowest BCUT2D eigenvalue weighted by Crippen LogP contribution is -1.95. The van der Waals surface area contributed by atoms with E-state index in [-0.39, 0.29) is 5.56 Å². The van der Waals surface area contributed by atoms with Crippen molar-refractivity contribution in [2.45, 2.75) is 0 Å². The molecule has 0 spiro atoms. The van der Waals surface area contributed by atoms with Gasteiger partial charge in [-0.15, -0.1) is 0 Å². The lowest BCUT2D eigenvalue weighted by molar-refractivity contribution is 0.415. The third-order valence-corrected chi connectivity index (χ3v) is 2.94. The molecule has 0 heterocycles. The number of halogens is 2. The predicted octanol–water partition coefficient (Wildman–Crippen LogP) is 4.21. The smallest absolute Gasteiger partial charge is 0.147 e. The fourth-order valence-electron chi connectivity index (χ4n) is 1.59. The third kappa shape index (κ3) is 3.24. The number of anilines is 2. The van der Waals surface area contributed by atoms with Crippen LogP contribution in [0.1, 0.15) is 5.56 Å². The molecule has 0 amide bonds.